The fourth-order valence-corrected chi connectivity index (χ4v) is 2.21. The van der Waals surface area contributed by atoms with Gasteiger partial charge in [-0.25, -0.2) is 13.2 Å². The number of methoxy groups -OCH3 is 2. The summed E-state index contributed by atoms with van der Waals surface area (Å²) in [4.78, 5) is 15.9. The van der Waals surface area contributed by atoms with E-state index in [0.717, 1.165) is 12.1 Å². The molecular weight excluding hydrogens is 377 g/mol. The summed E-state index contributed by atoms with van der Waals surface area (Å²) in [5.41, 5.74) is 0.145. The van der Waals surface area contributed by atoms with Crippen molar-refractivity contribution >= 4 is 23.2 Å². The quantitative estimate of drug-likeness (QED) is 0.397. The number of guanidine groups is 1. The molecule has 2 aromatic carbocycles. The molecule has 0 spiro atoms. The van der Waals surface area contributed by atoms with Crippen molar-refractivity contribution in [3.05, 3.63) is 47.8 Å². The van der Waals surface area contributed by atoms with Gasteiger partial charge >= 0.3 is 0 Å². The van der Waals surface area contributed by atoms with Crippen LogP contribution in [-0.2, 0) is 4.79 Å². The highest BCUT2D eigenvalue weighted by atomic mass is 19.2. The third-order valence-electron chi connectivity index (χ3n) is 3.60. The lowest BCUT2D eigenvalue weighted by Crippen LogP contribution is -2.37. The fourth-order valence-electron chi connectivity index (χ4n) is 2.21. The maximum atomic E-state index is 13.6. The molecule has 0 aliphatic heterocycles. The molecule has 0 aromatic heterocycles. The summed E-state index contributed by atoms with van der Waals surface area (Å²) in [6, 6.07) is 6.72. The van der Waals surface area contributed by atoms with E-state index in [4.69, 9.17) is 9.47 Å². The van der Waals surface area contributed by atoms with E-state index in [9.17, 15) is 18.0 Å². The Morgan fingerprint density at radius 2 is 1.71 bits per heavy atom. The second-order valence-electron chi connectivity index (χ2n) is 5.39. The van der Waals surface area contributed by atoms with Crippen molar-refractivity contribution in [1.82, 2.24) is 5.32 Å². The first-order chi connectivity index (χ1) is 13.4. The van der Waals surface area contributed by atoms with Gasteiger partial charge in [0.1, 0.15) is 0 Å². The van der Waals surface area contributed by atoms with Crippen LogP contribution in [0.5, 0.6) is 11.5 Å². The van der Waals surface area contributed by atoms with Crippen LogP contribution in [0.15, 0.2) is 35.3 Å². The molecule has 0 fully saturated rings. The lowest BCUT2D eigenvalue weighted by Gasteiger charge is -2.14. The van der Waals surface area contributed by atoms with Gasteiger partial charge in [-0.3, -0.25) is 9.79 Å². The van der Waals surface area contributed by atoms with Gasteiger partial charge in [0.25, 0.3) is 0 Å². The predicted molar refractivity (Wildman–Crippen MR) is 99.5 cm³/mol. The number of ether oxygens (including phenoxy) is 2. The van der Waals surface area contributed by atoms with E-state index >= 15 is 0 Å². The van der Waals surface area contributed by atoms with Crippen molar-refractivity contribution in [3.63, 3.8) is 0 Å². The van der Waals surface area contributed by atoms with Crippen LogP contribution < -0.4 is 25.4 Å². The topological polar surface area (TPSA) is 84.0 Å². The highest BCUT2D eigenvalue weighted by Crippen LogP contribution is 2.29. The number of nitrogens with one attached hydrogen (secondary N) is 3. The zero-order valence-corrected chi connectivity index (χ0v) is 15.4. The van der Waals surface area contributed by atoms with Crippen LogP contribution in [0.2, 0.25) is 0 Å². The highest BCUT2D eigenvalue weighted by Gasteiger charge is 2.15. The molecule has 0 radical (unpaired) electrons. The summed E-state index contributed by atoms with van der Waals surface area (Å²) in [7, 11) is 4.50. The van der Waals surface area contributed by atoms with Crippen molar-refractivity contribution in [2.45, 2.75) is 0 Å². The molecular formula is C18H19F3N4O3. The zero-order chi connectivity index (χ0) is 20.7. The minimum absolute atomic E-state index is 0.244. The van der Waals surface area contributed by atoms with Gasteiger partial charge in [0.2, 0.25) is 5.91 Å². The maximum absolute atomic E-state index is 13.6. The third-order valence-corrected chi connectivity index (χ3v) is 3.60. The Morgan fingerprint density at radius 3 is 2.36 bits per heavy atom. The minimum atomic E-state index is -1.66. The van der Waals surface area contributed by atoms with E-state index in [1.807, 2.05) is 0 Å². The van der Waals surface area contributed by atoms with Crippen LogP contribution in [-0.4, -0.2) is 39.7 Å². The summed E-state index contributed by atoms with van der Waals surface area (Å²) < 4.78 is 50.1. The van der Waals surface area contributed by atoms with Crippen LogP contribution in [0.25, 0.3) is 0 Å². The van der Waals surface area contributed by atoms with E-state index in [2.05, 4.69) is 20.9 Å². The molecule has 7 nitrogen and oxygen atoms in total. The van der Waals surface area contributed by atoms with Crippen molar-refractivity contribution < 1.29 is 27.4 Å². The molecule has 28 heavy (non-hydrogen) atoms. The van der Waals surface area contributed by atoms with Gasteiger partial charge in [-0.1, -0.05) is 0 Å². The second-order valence-corrected chi connectivity index (χ2v) is 5.39. The predicted octanol–water partition coefficient (Wildman–Crippen LogP) is 2.75. The van der Waals surface area contributed by atoms with Crippen molar-refractivity contribution in [2.75, 3.05) is 38.4 Å². The number of hydrogen-bond donors (Lipinski definition) is 3. The van der Waals surface area contributed by atoms with Crippen LogP contribution >= 0.6 is 0 Å². The number of halogens is 3. The number of aliphatic imine (C=N–C) groups is 1. The van der Waals surface area contributed by atoms with Gasteiger partial charge < -0.3 is 25.4 Å². The molecule has 0 unspecified atom stereocenters. The summed E-state index contributed by atoms with van der Waals surface area (Å²) in [5, 5.41) is 7.81. The van der Waals surface area contributed by atoms with E-state index in [1.165, 1.54) is 21.3 Å². The first-order valence-corrected chi connectivity index (χ1v) is 8.02. The van der Waals surface area contributed by atoms with Crippen LogP contribution in [0, 0.1) is 17.5 Å². The Hall–Kier alpha value is -3.43. The summed E-state index contributed by atoms with van der Waals surface area (Å²) in [5.74, 6) is -3.86. The molecule has 1 amide bonds. The number of anilines is 2. The Balaban J connectivity index is 1.97. The van der Waals surface area contributed by atoms with Crippen molar-refractivity contribution in [2.24, 2.45) is 4.99 Å². The SMILES string of the molecule is CN=C(NCC(=O)Nc1ccc(F)c(F)c1F)Nc1ccc(OC)c(OC)c1. The first kappa shape index (κ1) is 20.9. The summed E-state index contributed by atoms with van der Waals surface area (Å²) >= 11 is 0. The summed E-state index contributed by atoms with van der Waals surface area (Å²) in [6.45, 7) is -0.300. The van der Waals surface area contributed by atoms with Gasteiger partial charge in [0.05, 0.1) is 26.5 Å². The Kier molecular flexibility index (Phi) is 7.08. The first-order valence-electron chi connectivity index (χ1n) is 8.02. The highest BCUT2D eigenvalue weighted by molar-refractivity contribution is 5.99. The third kappa shape index (κ3) is 5.06. The molecule has 150 valence electrons. The Bertz CT molecular complexity index is 891. The number of hydrogen-bond acceptors (Lipinski definition) is 4. The molecule has 0 saturated heterocycles. The smallest absolute Gasteiger partial charge is 0.243 e. The largest absolute Gasteiger partial charge is 0.493 e. The van der Waals surface area contributed by atoms with Gasteiger partial charge in [0.15, 0.2) is 34.9 Å². The number of rotatable bonds is 6. The zero-order valence-electron chi connectivity index (χ0n) is 15.4. The van der Waals surface area contributed by atoms with E-state index in [-0.39, 0.29) is 12.5 Å². The average molecular weight is 396 g/mol. The number of carbonyl (C=O) groups is 1. The molecule has 2 rings (SSSR count). The Morgan fingerprint density at radius 1 is 1.00 bits per heavy atom. The van der Waals surface area contributed by atoms with Gasteiger partial charge in [0, 0.05) is 18.8 Å². The molecule has 2 aromatic rings. The average Bonchev–Trinajstić information content (AvgIpc) is 2.71. The Labute approximate surface area is 159 Å². The number of benzene rings is 2. The monoisotopic (exact) mass is 396 g/mol. The fraction of sp³-hybridized carbons (Fsp3) is 0.222. The minimum Gasteiger partial charge on any atom is -0.493 e. The molecule has 10 heteroatoms. The van der Waals surface area contributed by atoms with E-state index in [1.54, 1.807) is 18.2 Å². The number of amides is 1. The van der Waals surface area contributed by atoms with Crippen LogP contribution in [0.1, 0.15) is 0 Å². The molecule has 0 aliphatic rings. The standard InChI is InChI=1S/C18H19F3N4O3/c1-22-18(24-10-4-7-13(27-2)14(8-10)28-3)23-9-15(26)25-12-6-5-11(19)16(20)17(12)21/h4-8H,9H2,1-3H3,(H,25,26)(H2,22,23,24). The maximum Gasteiger partial charge on any atom is 0.243 e. The van der Waals surface area contributed by atoms with E-state index < -0.39 is 29.0 Å². The van der Waals surface area contributed by atoms with Crippen LogP contribution in [0.3, 0.4) is 0 Å². The van der Waals surface area contributed by atoms with Crippen LogP contribution in [0.4, 0.5) is 24.5 Å². The molecule has 3 N–H and O–H groups in total. The molecule has 0 bridgehead atoms. The molecule has 0 aliphatic carbocycles. The normalized spacial score (nSPS) is 11.0. The van der Waals surface area contributed by atoms with Crippen molar-refractivity contribution in [1.29, 1.82) is 0 Å². The molecule has 0 heterocycles. The second kappa shape index (κ2) is 9.49. The lowest BCUT2D eigenvalue weighted by atomic mass is 10.2. The molecule has 0 saturated carbocycles. The lowest BCUT2D eigenvalue weighted by molar-refractivity contribution is -0.115. The number of carbonyl (C=O) groups excluding carboxylic acids is 1. The summed E-state index contributed by atoms with van der Waals surface area (Å²) in [6.07, 6.45) is 0. The van der Waals surface area contributed by atoms with Crippen molar-refractivity contribution in [3.8, 4) is 11.5 Å². The number of nitrogens with zero attached hydrogens (tertiary/aromatic N) is 1. The van der Waals surface area contributed by atoms with Gasteiger partial charge in [-0.15, -0.1) is 0 Å². The van der Waals surface area contributed by atoms with E-state index in [0.29, 0.717) is 17.2 Å². The molecule has 0 atom stereocenters. The van der Waals surface area contributed by atoms with Gasteiger partial charge in [-0.2, -0.15) is 0 Å². The van der Waals surface area contributed by atoms with Gasteiger partial charge in [-0.05, 0) is 24.3 Å².